The number of rotatable bonds is 5. The zero-order valence-corrected chi connectivity index (χ0v) is 14.6. The van der Waals surface area contributed by atoms with Gasteiger partial charge in [0.15, 0.2) is 0 Å². The van der Waals surface area contributed by atoms with Crippen LogP contribution in [-0.4, -0.2) is 32.7 Å². The Bertz CT molecular complexity index is 890. The number of anilines is 1. The number of fused-ring (bicyclic) bond motifs is 1. The summed E-state index contributed by atoms with van der Waals surface area (Å²) in [7, 11) is 0. The average Bonchev–Trinajstić information content (AvgIpc) is 3.17. The van der Waals surface area contributed by atoms with Crippen LogP contribution < -0.4 is 4.90 Å². The Morgan fingerprint density at radius 3 is 2.73 bits per heavy atom. The number of hydrogen-bond acceptors (Lipinski definition) is 4. The lowest BCUT2D eigenvalue weighted by molar-refractivity contribution is -0.118. The number of benzene rings is 2. The van der Waals surface area contributed by atoms with Gasteiger partial charge < -0.3 is 4.90 Å². The van der Waals surface area contributed by atoms with Crippen LogP contribution in [0.2, 0.25) is 0 Å². The third-order valence-electron chi connectivity index (χ3n) is 4.64. The molecule has 0 fully saturated rings. The summed E-state index contributed by atoms with van der Waals surface area (Å²) in [4.78, 5) is 16.1. The fraction of sp³-hybridized carbons (Fsp3) is 0.300. The molecule has 1 aliphatic rings. The lowest BCUT2D eigenvalue weighted by Crippen LogP contribution is -2.35. The van der Waals surface area contributed by atoms with Crippen molar-refractivity contribution in [3.8, 4) is 11.4 Å². The van der Waals surface area contributed by atoms with Crippen LogP contribution in [-0.2, 0) is 17.8 Å². The summed E-state index contributed by atoms with van der Waals surface area (Å²) in [5.41, 5.74) is 3.27. The van der Waals surface area contributed by atoms with Crippen molar-refractivity contribution in [1.29, 1.82) is 0 Å². The summed E-state index contributed by atoms with van der Waals surface area (Å²) < 4.78 is 0. The van der Waals surface area contributed by atoms with Gasteiger partial charge in [0.1, 0.15) is 0 Å². The molecule has 0 spiro atoms. The number of aryl methyl sites for hydroxylation is 2. The average molecular weight is 347 g/mol. The summed E-state index contributed by atoms with van der Waals surface area (Å²) >= 11 is 0. The van der Waals surface area contributed by atoms with Gasteiger partial charge in [0, 0.05) is 24.2 Å². The van der Waals surface area contributed by atoms with Crippen molar-refractivity contribution in [1.82, 2.24) is 20.2 Å². The van der Waals surface area contributed by atoms with Gasteiger partial charge in [-0.1, -0.05) is 48.5 Å². The summed E-state index contributed by atoms with van der Waals surface area (Å²) in [6.45, 7) is 1.39. The van der Waals surface area contributed by atoms with E-state index in [2.05, 4.69) is 21.5 Å². The molecule has 2 heterocycles. The number of aromatic nitrogens is 4. The lowest BCUT2D eigenvalue weighted by Gasteiger charge is -2.29. The highest BCUT2D eigenvalue weighted by molar-refractivity contribution is 5.94. The van der Waals surface area contributed by atoms with Crippen LogP contribution >= 0.6 is 0 Å². The number of amides is 1. The predicted molar refractivity (Wildman–Crippen MR) is 99.6 cm³/mol. The minimum absolute atomic E-state index is 0.167. The van der Waals surface area contributed by atoms with E-state index in [0.29, 0.717) is 25.2 Å². The van der Waals surface area contributed by atoms with Crippen molar-refractivity contribution in [2.24, 2.45) is 0 Å². The van der Waals surface area contributed by atoms with Gasteiger partial charge in [-0.2, -0.15) is 4.80 Å². The van der Waals surface area contributed by atoms with E-state index in [1.54, 1.807) is 4.80 Å². The number of para-hydroxylation sites is 1. The van der Waals surface area contributed by atoms with Crippen molar-refractivity contribution >= 4 is 11.6 Å². The van der Waals surface area contributed by atoms with E-state index in [0.717, 1.165) is 30.6 Å². The maximum atomic E-state index is 12.6. The van der Waals surface area contributed by atoms with Gasteiger partial charge in [-0.05, 0) is 36.1 Å². The topological polar surface area (TPSA) is 63.9 Å². The molecule has 0 bridgehead atoms. The molecule has 1 aromatic heterocycles. The second-order valence-electron chi connectivity index (χ2n) is 6.46. The van der Waals surface area contributed by atoms with Crippen molar-refractivity contribution < 1.29 is 4.79 Å². The lowest BCUT2D eigenvalue weighted by atomic mass is 10.0. The molecule has 26 heavy (non-hydrogen) atoms. The van der Waals surface area contributed by atoms with Gasteiger partial charge in [0.05, 0.1) is 6.54 Å². The van der Waals surface area contributed by atoms with Crippen LogP contribution in [0, 0.1) is 0 Å². The normalized spacial score (nSPS) is 13.5. The highest BCUT2D eigenvalue weighted by Crippen LogP contribution is 2.27. The molecule has 0 radical (unpaired) electrons. The molecule has 1 amide bonds. The minimum Gasteiger partial charge on any atom is -0.312 e. The molecule has 6 heteroatoms. The van der Waals surface area contributed by atoms with Gasteiger partial charge in [-0.3, -0.25) is 4.79 Å². The summed E-state index contributed by atoms with van der Waals surface area (Å²) in [5.74, 6) is 0.780. The van der Waals surface area contributed by atoms with E-state index in [1.807, 2.05) is 53.4 Å². The van der Waals surface area contributed by atoms with Crippen LogP contribution in [0.1, 0.15) is 24.8 Å². The molecule has 0 saturated carbocycles. The zero-order valence-electron chi connectivity index (χ0n) is 14.6. The third kappa shape index (κ3) is 3.49. The van der Waals surface area contributed by atoms with Crippen LogP contribution in [0.3, 0.4) is 0 Å². The summed E-state index contributed by atoms with van der Waals surface area (Å²) in [6, 6.07) is 17.9. The van der Waals surface area contributed by atoms with Crippen molar-refractivity contribution in [3.63, 3.8) is 0 Å². The fourth-order valence-corrected chi connectivity index (χ4v) is 3.34. The highest BCUT2D eigenvalue weighted by atomic mass is 16.2. The van der Waals surface area contributed by atoms with Gasteiger partial charge >= 0.3 is 0 Å². The zero-order chi connectivity index (χ0) is 17.8. The number of nitrogens with zero attached hydrogens (tertiary/aromatic N) is 5. The Balaban J connectivity index is 1.34. The molecule has 0 N–H and O–H groups in total. The Labute approximate surface area is 152 Å². The van der Waals surface area contributed by atoms with Crippen LogP contribution in [0.4, 0.5) is 5.69 Å². The molecule has 132 valence electrons. The van der Waals surface area contributed by atoms with E-state index in [1.165, 1.54) is 5.56 Å². The maximum Gasteiger partial charge on any atom is 0.227 e. The summed E-state index contributed by atoms with van der Waals surface area (Å²) in [6.07, 6.45) is 3.25. The molecule has 1 aliphatic heterocycles. The third-order valence-corrected chi connectivity index (χ3v) is 4.64. The first-order valence-electron chi connectivity index (χ1n) is 9.03. The second kappa shape index (κ2) is 7.47. The predicted octanol–water partition coefficient (Wildman–Crippen LogP) is 3.10. The Morgan fingerprint density at radius 1 is 1.04 bits per heavy atom. The maximum absolute atomic E-state index is 12.6. The van der Waals surface area contributed by atoms with Gasteiger partial charge in [0.25, 0.3) is 0 Å². The highest BCUT2D eigenvalue weighted by Gasteiger charge is 2.21. The monoisotopic (exact) mass is 347 g/mol. The first kappa shape index (κ1) is 16.4. The van der Waals surface area contributed by atoms with E-state index in [-0.39, 0.29) is 5.91 Å². The molecule has 3 aromatic rings. The molecule has 0 atom stereocenters. The molecular formula is C20H21N5O. The smallest absolute Gasteiger partial charge is 0.227 e. The number of hydrogen-bond donors (Lipinski definition) is 0. The SMILES string of the molecule is O=C(CCCn1nnc(-c2ccccc2)n1)N1CCCc2ccccc21. The fourth-order valence-electron chi connectivity index (χ4n) is 3.34. The van der Waals surface area contributed by atoms with Crippen LogP contribution in [0.25, 0.3) is 11.4 Å². The second-order valence-corrected chi connectivity index (χ2v) is 6.46. The summed E-state index contributed by atoms with van der Waals surface area (Å²) in [5, 5.41) is 12.6. The Morgan fingerprint density at radius 2 is 1.85 bits per heavy atom. The number of carbonyl (C=O) groups is 1. The molecule has 0 unspecified atom stereocenters. The van der Waals surface area contributed by atoms with Gasteiger partial charge in [0.2, 0.25) is 11.7 Å². The molecular weight excluding hydrogens is 326 g/mol. The number of carbonyl (C=O) groups excluding carboxylic acids is 1. The molecule has 6 nitrogen and oxygen atoms in total. The molecule has 0 saturated heterocycles. The number of tetrazole rings is 1. The van der Waals surface area contributed by atoms with E-state index >= 15 is 0 Å². The molecule has 4 rings (SSSR count). The van der Waals surface area contributed by atoms with Crippen molar-refractivity contribution in [2.45, 2.75) is 32.2 Å². The van der Waals surface area contributed by atoms with Crippen molar-refractivity contribution in [2.75, 3.05) is 11.4 Å². The molecule has 2 aromatic carbocycles. The standard InChI is InChI=1S/C20H21N5O/c26-19(24-14-6-11-16-8-4-5-12-18(16)24)13-7-15-25-22-20(21-23-25)17-9-2-1-3-10-17/h1-5,8-10,12H,6-7,11,13-15H2. The van der Waals surface area contributed by atoms with Crippen LogP contribution in [0.5, 0.6) is 0 Å². The Kier molecular flexibility index (Phi) is 4.73. The van der Waals surface area contributed by atoms with E-state index in [9.17, 15) is 4.79 Å². The van der Waals surface area contributed by atoms with Crippen molar-refractivity contribution in [3.05, 3.63) is 60.2 Å². The Hall–Kier alpha value is -3.02. The van der Waals surface area contributed by atoms with Gasteiger partial charge in [-0.25, -0.2) is 0 Å². The first-order chi connectivity index (χ1) is 12.8. The van der Waals surface area contributed by atoms with Crippen LogP contribution in [0.15, 0.2) is 54.6 Å². The van der Waals surface area contributed by atoms with E-state index < -0.39 is 0 Å². The van der Waals surface area contributed by atoms with Gasteiger partial charge in [-0.15, -0.1) is 10.2 Å². The molecule has 0 aliphatic carbocycles. The first-order valence-corrected chi connectivity index (χ1v) is 9.03. The largest absolute Gasteiger partial charge is 0.312 e. The van der Waals surface area contributed by atoms with E-state index in [4.69, 9.17) is 0 Å². The quantitative estimate of drug-likeness (QED) is 0.711. The minimum atomic E-state index is 0.167.